The average molecular weight is 476 g/mol. The maximum absolute atomic E-state index is 13.4. The molecule has 3 rings (SSSR count). The molecule has 9 heteroatoms. The van der Waals surface area contributed by atoms with Gasteiger partial charge in [-0.05, 0) is 42.7 Å². The number of carbonyl (C=O) groups excluding carboxylic acids is 3. The fourth-order valence-electron chi connectivity index (χ4n) is 3.98. The van der Waals surface area contributed by atoms with E-state index in [9.17, 15) is 14.4 Å². The zero-order chi connectivity index (χ0) is 23.6. The third-order valence-electron chi connectivity index (χ3n) is 5.70. The number of rotatable bonds is 10. The number of hydrogen-bond acceptors (Lipinski definition) is 5. The second-order valence-corrected chi connectivity index (χ2v) is 8.47. The van der Waals surface area contributed by atoms with Crippen LogP contribution in [-0.2, 0) is 14.3 Å². The zero-order valence-electron chi connectivity index (χ0n) is 18.7. The Morgan fingerprint density at radius 3 is 2.52 bits per heavy atom. The highest BCUT2D eigenvalue weighted by atomic mass is 35.5. The van der Waals surface area contributed by atoms with Crippen molar-refractivity contribution in [2.75, 3.05) is 26.8 Å². The molecule has 1 atom stereocenters. The van der Waals surface area contributed by atoms with Gasteiger partial charge in [-0.3, -0.25) is 14.4 Å². The summed E-state index contributed by atoms with van der Waals surface area (Å²) >= 11 is 6.05. The van der Waals surface area contributed by atoms with E-state index in [2.05, 4.69) is 10.6 Å². The maximum atomic E-state index is 13.4. The summed E-state index contributed by atoms with van der Waals surface area (Å²) < 4.78 is 10.3. The third kappa shape index (κ3) is 7.07. The summed E-state index contributed by atoms with van der Waals surface area (Å²) in [5.74, 6) is -1.07. The summed E-state index contributed by atoms with van der Waals surface area (Å²) in [6.07, 6.45) is 6.53. The molecule has 1 aliphatic carbocycles. The number of furan rings is 1. The molecule has 3 amide bonds. The minimum absolute atomic E-state index is 0.0825. The number of benzene rings is 1. The Hall–Kier alpha value is -2.84. The van der Waals surface area contributed by atoms with Gasteiger partial charge in [0.05, 0.1) is 19.4 Å². The van der Waals surface area contributed by atoms with Gasteiger partial charge in [0.2, 0.25) is 11.8 Å². The molecule has 1 aromatic carbocycles. The minimum atomic E-state index is -0.882. The number of amides is 3. The normalized spacial score (nSPS) is 15.0. The lowest BCUT2D eigenvalue weighted by Gasteiger charge is -2.33. The van der Waals surface area contributed by atoms with Gasteiger partial charge in [0.25, 0.3) is 5.91 Å². The molecule has 1 fully saturated rings. The van der Waals surface area contributed by atoms with Gasteiger partial charge < -0.3 is 24.7 Å². The Balaban J connectivity index is 1.81. The number of nitrogens with zero attached hydrogens (tertiary/aromatic N) is 1. The van der Waals surface area contributed by atoms with E-state index in [0.29, 0.717) is 10.6 Å². The van der Waals surface area contributed by atoms with Crippen molar-refractivity contribution in [1.82, 2.24) is 15.5 Å². The molecule has 178 valence electrons. The van der Waals surface area contributed by atoms with Crippen LogP contribution >= 0.6 is 11.6 Å². The van der Waals surface area contributed by atoms with Crippen molar-refractivity contribution in [1.29, 1.82) is 0 Å². The van der Waals surface area contributed by atoms with Gasteiger partial charge in [0.1, 0.15) is 6.04 Å². The Labute approximate surface area is 198 Å². The van der Waals surface area contributed by atoms with E-state index in [1.54, 1.807) is 30.3 Å². The highest BCUT2D eigenvalue weighted by Crippen LogP contribution is 2.25. The number of nitrogens with one attached hydrogen (secondary N) is 2. The molecule has 1 saturated carbocycles. The Morgan fingerprint density at radius 1 is 1.15 bits per heavy atom. The lowest BCUT2D eigenvalue weighted by molar-refractivity contribution is -0.141. The fourth-order valence-corrected chi connectivity index (χ4v) is 4.11. The predicted octanol–water partition coefficient (Wildman–Crippen LogP) is 3.33. The van der Waals surface area contributed by atoms with E-state index < -0.39 is 17.9 Å². The van der Waals surface area contributed by atoms with Crippen LogP contribution in [-0.4, -0.2) is 55.5 Å². The SMILES string of the molecule is COCCN(C(=O)CNC(=O)c1ccco1)[C@H](C(=O)NC1CCCCC1)c1ccc(Cl)cc1. The maximum Gasteiger partial charge on any atom is 0.287 e. The van der Waals surface area contributed by atoms with Crippen LogP contribution in [0.3, 0.4) is 0 Å². The molecule has 0 unspecified atom stereocenters. The van der Waals surface area contributed by atoms with Gasteiger partial charge in [-0.1, -0.05) is 43.0 Å². The van der Waals surface area contributed by atoms with Crippen molar-refractivity contribution in [3.05, 3.63) is 59.0 Å². The molecular weight excluding hydrogens is 446 g/mol. The van der Waals surface area contributed by atoms with E-state index in [4.69, 9.17) is 20.8 Å². The molecule has 8 nitrogen and oxygen atoms in total. The predicted molar refractivity (Wildman–Crippen MR) is 124 cm³/mol. The van der Waals surface area contributed by atoms with Crippen molar-refractivity contribution in [2.24, 2.45) is 0 Å². The van der Waals surface area contributed by atoms with Crippen LogP contribution in [0.5, 0.6) is 0 Å². The van der Waals surface area contributed by atoms with E-state index in [1.807, 2.05) is 0 Å². The third-order valence-corrected chi connectivity index (χ3v) is 5.95. The Kier molecular flexibility index (Phi) is 9.33. The Morgan fingerprint density at radius 2 is 1.88 bits per heavy atom. The van der Waals surface area contributed by atoms with Crippen molar-refractivity contribution in [2.45, 2.75) is 44.2 Å². The van der Waals surface area contributed by atoms with Crippen LogP contribution in [0.15, 0.2) is 47.1 Å². The van der Waals surface area contributed by atoms with Gasteiger partial charge in [-0.15, -0.1) is 0 Å². The second-order valence-electron chi connectivity index (χ2n) is 8.04. The molecule has 0 saturated heterocycles. The molecule has 0 aliphatic heterocycles. The van der Waals surface area contributed by atoms with Gasteiger partial charge in [-0.25, -0.2) is 0 Å². The minimum Gasteiger partial charge on any atom is -0.459 e. The molecule has 33 heavy (non-hydrogen) atoms. The highest BCUT2D eigenvalue weighted by molar-refractivity contribution is 6.30. The lowest BCUT2D eigenvalue weighted by Crippen LogP contribution is -2.50. The topological polar surface area (TPSA) is 101 Å². The summed E-state index contributed by atoms with van der Waals surface area (Å²) in [6.45, 7) is 0.125. The summed E-state index contributed by atoms with van der Waals surface area (Å²) in [7, 11) is 1.53. The van der Waals surface area contributed by atoms with Crippen LogP contribution < -0.4 is 10.6 Å². The van der Waals surface area contributed by atoms with E-state index >= 15 is 0 Å². The molecule has 0 radical (unpaired) electrons. The lowest BCUT2D eigenvalue weighted by atomic mass is 9.94. The number of halogens is 1. The van der Waals surface area contributed by atoms with Crippen LogP contribution in [0.1, 0.15) is 54.3 Å². The van der Waals surface area contributed by atoms with E-state index in [1.165, 1.54) is 30.8 Å². The highest BCUT2D eigenvalue weighted by Gasteiger charge is 2.33. The largest absolute Gasteiger partial charge is 0.459 e. The summed E-state index contributed by atoms with van der Waals surface area (Å²) in [6, 6.07) is 9.16. The summed E-state index contributed by atoms with van der Waals surface area (Å²) in [4.78, 5) is 40.3. The van der Waals surface area contributed by atoms with Crippen LogP contribution in [0.2, 0.25) is 5.02 Å². The molecular formula is C24H30ClN3O5. The first kappa shape index (κ1) is 24.8. The molecule has 1 heterocycles. The van der Waals surface area contributed by atoms with Gasteiger partial charge in [-0.2, -0.15) is 0 Å². The molecule has 1 aromatic heterocycles. The Bertz CT molecular complexity index is 911. The van der Waals surface area contributed by atoms with Crippen molar-refractivity contribution in [3.63, 3.8) is 0 Å². The fraction of sp³-hybridized carbons (Fsp3) is 0.458. The molecule has 2 aromatic rings. The molecule has 0 spiro atoms. The number of ether oxygens (including phenoxy) is 1. The monoisotopic (exact) mass is 475 g/mol. The average Bonchev–Trinajstić information content (AvgIpc) is 3.36. The first-order chi connectivity index (χ1) is 16.0. The number of methoxy groups -OCH3 is 1. The van der Waals surface area contributed by atoms with Crippen LogP contribution in [0, 0.1) is 0 Å². The zero-order valence-corrected chi connectivity index (χ0v) is 19.5. The first-order valence-electron chi connectivity index (χ1n) is 11.2. The summed E-state index contributed by atoms with van der Waals surface area (Å²) in [5, 5.41) is 6.22. The van der Waals surface area contributed by atoms with Crippen molar-refractivity contribution < 1.29 is 23.5 Å². The van der Waals surface area contributed by atoms with Gasteiger partial charge in [0.15, 0.2) is 5.76 Å². The summed E-state index contributed by atoms with van der Waals surface area (Å²) in [5.41, 5.74) is 0.634. The molecule has 0 bridgehead atoms. The molecule has 2 N–H and O–H groups in total. The quantitative estimate of drug-likeness (QED) is 0.549. The standard InChI is InChI=1S/C24H30ClN3O5/c1-32-15-13-28(21(29)16-26-23(30)20-8-5-14-33-20)22(17-9-11-18(25)12-10-17)24(31)27-19-6-3-2-4-7-19/h5,8-12,14,19,22H,2-4,6-7,13,15-16H2,1H3,(H,26,30)(H,27,31)/t22-/m0/s1. The van der Waals surface area contributed by atoms with Crippen LogP contribution in [0.25, 0.3) is 0 Å². The van der Waals surface area contributed by atoms with Crippen molar-refractivity contribution >= 4 is 29.3 Å². The molecule has 1 aliphatic rings. The smallest absolute Gasteiger partial charge is 0.287 e. The second kappa shape index (κ2) is 12.4. The number of hydrogen-bond donors (Lipinski definition) is 2. The van der Waals surface area contributed by atoms with Gasteiger partial charge in [0, 0.05) is 24.7 Å². The van der Waals surface area contributed by atoms with Crippen molar-refractivity contribution in [3.8, 4) is 0 Å². The first-order valence-corrected chi connectivity index (χ1v) is 11.5. The van der Waals surface area contributed by atoms with Gasteiger partial charge >= 0.3 is 0 Å². The van der Waals surface area contributed by atoms with Crippen LogP contribution in [0.4, 0.5) is 0 Å². The van der Waals surface area contributed by atoms with E-state index in [-0.39, 0.29) is 37.4 Å². The number of carbonyl (C=O) groups is 3. The van der Waals surface area contributed by atoms with E-state index in [0.717, 1.165) is 25.7 Å².